The lowest BCUT2D eigenvalue weighted by Crippen LogP contribution is -2.35. The van der Waals surface area contributed by atoms with Crippen molar-refractivity contribution in [3.05, 3.63) is 23.7 Å². The van der Waals surface area contributed by atoms with Crippen LogP contribution in [0, 0.1) is 0 Å². The predicted molar refractivity (Wildman–Crippen MR) is 54.3 cm³/mol. The van der Waals surface area contributed by atoms with Gasteiger partial charge in [-0.15, -0.1) is 0 Å². The zero-order chi connectivity index (χ0) is 11.4. The molecular weight excluding hydrogens is 212 g/mol. The normalized spacial score (nSPS) is 20.9. The average Bonchev–Trinajstić information content (AvgIpc) is 2.78. The first-order valence-corrected chi connectivity index (χ1v) is 5.12. The smallest absolute Gasteiger partial charge is 0.228 e. The average molecular weight is 226 g/mol. The van der Waals surface area contributed by atoms with Gasteiger partial charge in [0.25, 0.3) is 0 Å². The van der Waals surface area contributed by atoms with Crippen LogP contribution in [0.4, 0.5) is 0 Å². The molecule has 1 saturated heterocycles. The highest BCUT2D eigenvalue weighted by atomic mass is 16.6. The van der Waals surface area contributed by atoms with E-state index >= 15 is 0 Å². The summed E-state index contributed by atoms with van der Waals surface area (Å²) in [7, 11) is 1.57. The van der Waals surface area contributed by atoms with E-state index in [1.54, 1.807) is 19.2 Å². The number of ketones is 1. The molecule has 0 amide bonds. The van der Waals surface area contributed by atoms with Crippen molar-refractivity contribution < 1.29 is 23.4 Å². The van der Waals surface area contributed by atoms with E-state index in [2.05, 4.69) is 0 Å². The van der Waals surface area contributed by atoms with Gasteiger partial charge in [0.2, 0.25) is 5.78 Å². The lowest BCUT2D eigenvalue weighted by Gasteiger charge is -2.20. The molecule has 16 heavy (non-hydrogen) atoms. The number of carbonyl (C=O) groups excluding carboxylic acids is 1. The van der Waals surface area contributed by atoms with E-state index in [0.29, 0.717) is 37.9 Å². The van der Waals surface area contributed by atoms with Crippen molar-refractivity contribution in [3.63, 3.8) is 0 Å². The second-order valence-corrected chi connectivity index (χ2v) is 3.50. The van der Waals surface area contributed by atoms with Gasteiger partial charge in [-0.1, -0.05) is 0 Å². The molecule has 2 rings (SSSR count). The number of furan rings is 1. The van der Waals surface area contributed by atoms with Gasteiger partial charge in [-0.2, -0.15) is 0 Å². The van der Waals surface area contributed by atoms with Gasteiger partial charge >= 0.3 is 0 Å². The molecule has 5 heteroatoms. The van der Waals surface area contributed by atoms with Gasteiger partial charge in [0.05, 0.1) is 19.8 Å². The highest BCUT2D eigenvalue weighted by molar-refractivity contribution is 5.97. The maximum Gasteiger partial charge on any atom is 0.228 e. The van der Waals surface area contributed by atoms with Gasteiger partial charge in [-0.05, 0) is 12.1 Å². The van der Waals surface area contributed by atoms with Crippen LogP contribution in [-0.2, 0) is 20.8 Å². The summed E-state index contributed by atoms with van der Waals surface area (Å²) < 4.78 is 20.7. The first-order chi connectivity index (χ1) is 7.81. The van der Waals surface area contributed by atoms with Crippen LogP contribution >= 0.6 is 0 Å². The van der Waals surface area contributed by atoms with E-state index < -0.39 is 6.10 Å². The molecule has 1 aromatic rings. The van der Waals surface area contributed by atoms with Crippen molar-refractivity contribution in [3.8, 4) is 0 Å². The van der Waals surface area contributed by atoms with E-state index in [1.165, 1.54) is 0 Å². The van der Waals surface area contributed by atoms with E-state index in [9.17, 15) is 4.79 Å². The molecule has 1 unspecified atom stereocenters. The summed E-state index contributed by atoms with van der Waals surface area (Å²) in [5.74, 6) is 0.743. The van der Waals surface area contributed by atoms with Crippen LogP contribution in [0.15, 0.2) is 16.5 Å². The summed E-state index contributed by atoms with van der Waals surface area (Å²) >= 11 is 0. The topological polar surface area (TPSA) is 57.9 Å². The van der Waals surface area contributed by atoms with E-state index in [0.717, 1.165) is 0 Å². The molecule has 1 aromatic heterocycles. The molecule has 1 aliphatic rings. The highest BCUT2D eigenvalue weighted by Gasteiger charge is 2.26. The number of hydrogen-bond donors (Lipinski definition) is 0. The van der Waals surface area contributed by atoms with Crippen molar-refractivity contribution in [1.82, 2.24) is 0 Å². The molecule has 0 bridgehead atoms. The molecule has 0 N–H and O–H groups in total. The van der Waals surface area contributed by atoms with Crippen LogP contribution in [0.25, 0.3) is 0 Å². The Hall–Kier alpha value is -1.17. The fraction of sp³-hybridized carbons (Fsp3) is 0.545. The SMILES string of the molecule is COCc1ccc(C(=O)C2COCCO2)o1. The molecule has 0 radical (unpaired) electrons. The summed E-state index contributed by atoms with van der Waals surface area (Å²) in [5.41, 5.74) is 0. The first-order valence-electron chi connectivity index (χ1n) is 5.12. The van der Waals surface area contributed by atoms with E-state index in [4.69, 9.17) is 18.6 Å². The molecule has 1 fully saturated rings. The Balaban J connectivity index is 2.01. The number of hydrogen-bond acceptors (Lipinski definition) is 5. The third-order valence-corrected chi connectivity index (χ3v) is 2.30. The minimum Gasteiger partial charge on any atom is -0.455 e. The maximum absolute atomic E-state index is 11.9. The highest BCUT2D eigenvalue weighted by Crippen LogP contribution is 2.14. The molecule has 1 atom stereocenters. The second-order valence-electron chi connectivity index (χ2n) is 3.50. The van der Waals surface area contributed by atoms with Crippen LogP contribution in [0.5, 0.6) is 0 Å². The van der Waals surface area contributed by atoms with Crippen molar-refractivity contribution in [2.45, 2.75) is 12.7 Å². The second kappa shape index (κ2) is 5.25. The van der Waals surface area contributed by atoms with Crippen LogP contribution < -0.4 is 0 Å². The number of ether oxygens (including phenoxy) is 3. The van der Waals surface area contributed by atoms with Gasteiger partial charge in [-0.3, -0.25) is 4.79 Å². The Morgan fingerprint density at radius 2 is 2.38 bits per heavy atom. The fourth-order valence-corrected chi connectivity index (χ4v) is 1.53. The number of Topliss-reactive ketones (excluding diaryl/α,β-unsaturated/α-hetero) is 1. The predicted octanol–water partition coefficient (Wildman–Crippen LogP) is 1.02. The molecule has 1 aliphatic heterocycles. The van der Waals surface area contributed by atoms with E-state index in [1.807, 2.05) is 0 Å². The summed E-state index contributed by atoms with van der Waals surface area (Å²) in [6.07, 6.45) is -0.546. The third kappa shape index (κ3) is 2.49. The van der Waals surface area contributed by atoms with Gasteiger partial charge < -0.3 is 18.6 Å². The first kappa shape index (κ1) is 11.3. The molecule has 5 nitrogen and oxygen atoms in total. The van der Waals surface area contributed by atoms with Crippen LogP contribution in [-0.4, -0.2) is 38.8 Å². The van der Waals surface area contributed by atoms with E-state index in [-0.39, 0.29) is 5.78 Å². The molecule has 0 aromatic carbocycles. The monoisotopic (exact) mass is 226 g/mol. The zero-order valence-corrected chi connectivity index (χ0v) is 9.10. The number of rotatable bonds is 4. The Kier molecular flexibility index (Phi) is 3.71. The fourth-order valence-electron chi connectivity index (χ4n) is 1.53. The number of methoxy groups -OCH3 is 1. The maximum atomic E-state index is 11.9. The zero-order valence-electron chi connectivity index (χ0n) is 9.10. The Labute approximate surface area is 93.3 Å². The summed E-state index contributed by atoms with van der Waals surface area (Å²) in [6.45, 7) is 1.63. The molecular formula is C11H14O5. The minimum absolute atomic E-state index is 0.179. The summed E-state index contributed by atoms with van der Waals surface area (Å²) in [5, 5.41) is 0. The van der Waals surface area contributed by atoms with Crippen molar-refractivity contribution in [2.75, 3.05) is 26.9 Å². The molecule has 88 valence electrons. The third-order valence-electron chi connectivity index (χ3n) is 2.30. The van der Waals surface area contributed by atoms with Gasteiger partial charge in [0, 0.05) is 7.11 Å². The van der Waals surface area contributed by atoms with Crippen molar-refractivity contribution >= 4 is 5.78 Å². The molecule has 0 saturated carbocycles. The minimum atomic E-state index is -0.546. The van der Waals surface area contributed by atoms with Crippen molar-refractivity contribution in [2.24, 2.45) is 0 Å². The van der Waals surface area contributed by atoms with Crippen molar-refractivity contribution in [1.29, 1.82) is 0 Å². The Morgan fingerprint density at radius 1 is 1.50 bits per heavy atom. The Morgan fingerprint density at radius 3 is 3.06 bits per heavy atom. The summed E-state index contributed by atoms with van der Waals surface area (Å²) in [6, 6.07) is 3.36. The van der Waals surface area contributed by atoms with Crippen LogP contribution in [0.2, 0.25) is 0 Å². The number of carbonyl (C=O) groups is 1. The van der Waals surface area contributed by atoms with Gasteiger partial charge in [0.15, 0.2) is 5.76 Å². The largest absolute Gasteiger partial charge is 0.455 e. The van der Waals surface area contributed by atoms with Gasteiger partial charge in [0.1, 0.15) is 18.5 Å². The van der Waals surface area contributed by atoms with Crippen LogP contribution in [0.1, 0.15) is 16.3 Å². The molecule has 0 aliphatic carbocycles. The van der Waals surface area contributed by atoms with Gasteiger partial charge in [-0.25, -0.2) is 0 Å². The molecule has 0 spiro atoms. The standard InChI is InChI=1S/C11H14O5/c1-13-6-8-2-3-9(16-8)11(12)10-7-14-4-5-15-10/h2-3,10H,4-7H2,1H3. The Bertz CT molecular complexity index is 351. The van der Waals surface area contributed by atoms with Crippen LogP contribution in [0.3, 0.4) is 0 Å². The summed E-state index contributed by atoms with van der Waals surface area (Å²) in [4.78, 5) is 11.9. The quantitative estimate of drug-likeness (QED) is 0.717. The lowest BCUT2D eigenvalue weighted by molar-refractivity contribution is -0.0726. The molecule has 2 heterocycles. The lowest BCUT2D eigenvalue weighted by atomic mass is 10.2.